The van der Waals surface area contributed by atoms with E-state index in [1.54, 1.807) is 0 Å². The average Bonchev–Trinajstić information content (AvgIpc) is 2.84. The summed E-state index contributed by atoms with van der Waals surface area (Å²) in [5.74, 6) is 5.97. The topological polar surface area (TPSA) is 43.8 Å². The molecule has 0 radical (unpaired) electrons. The molecule has 0 spiro atoms. The summed E-state index contributed by atoms with van der Waals surface area (Å²) in [6.07, 6.45) is 1.44. The predicted octanol–water partition coefficient (Wildman–Crippen LogP) is 1.65. The maximum atomic E-state index is 12.8. The van der Waals surface area contributed by atoms with Gasteiger partial charge in [-0.15, -0.1) is 11.3 Å². The van der Waals surface area contributed by atoms with Gasteiger partial charge < -0.3 is 14.9 Å². The van der Waals surface area contributed by atoms with Crippen LogP contribution < -0.4 is 0 Å². The van der Waals surface area contributed by atoms with E-state index in [0.29, 0.717) is 6.42 Å². The highest BCUT2D eigenvalue weighted by atomic mass is 32.1. The van der Waals surface area contributed by atoms with Crippen LogP contribution in [0.2, 0.25) is 0 Å². The highest BCUT2D eigenvalue weighted by Gasteiger charge is 2.26. The Bertz CT molecular complexity index is 544. The Morgan fingerprint density at radius 3 is 3.10 bits per heavy atom. The lowest BCUT2D eigenvalue weighted by Gasteiger charge is -2.27. The second kappa shape index (κ2) is 7.60. The molecular weight excluding hydrogens is 284 g/mol. The van der Waals surface area contributed by atoms with E-state index in [1.807, 2.05) is 16.3 Å². The van der Waals surface area contributed by atoms with E-state index >= 15 is 0 Å². The number of amides is 1. The van der Waals surface area contributed by atoms with Gasteiger partial charge in [-0.2, -0.15) is 0 Å². The molecule has 1 aliphatic heterocycles. The second-order valence-electron chi connectivity index (χ2n) is 5.40. The molecule has 0 aliphatic carbocycles. The Morgan fingerprint density at radius 1 is 1.52 bits per heavy atom. The first-order valence-electron chi connectivity index (χ1n) is 7.30. The fourth-order valence-electron chi connectivity index (χ4n) is 2.59. The van der Waals surface area contributed by atoms with E-state index in [4.69, 9.17) is 5.11 Å². The Morgan fingerprint density at radius 2 is 2.33 bits per heavy atom. The predicted molar refractivity (Wildman–Crippen MR) is 85.5 cm³/mol. The van der Waals surface area contributed by atoms with Gasteiger partial charge >= 0.3 is 0 Å². The summed E-state index contributed by atoms with van der Waals surface area (Å²) in [7, 11) is 2.10. The van der Waals surface area contributed by atoms with E-state index in [0.717, 1.165) is 36.5 Å². The third kappa shape index (κ3) is 4.07. The summed E-state index contributed by atoms with van der Waals surface area (Å²) in [4.78, 5) is 17.7. The molecule has 5 heteroatoms. The molecule has 21 heavy (non-hydrogen) atoms. The van der Waals surface area contributed by atoms with Gasteiger partial charge in [-0.05, 0) is 38.4 Å². The van der Waals surface area contributed by atoms with Gasteiger partial charge in [0.05, 0.1) is 6.61 Å². The minimum Gasteiger partial charge on any atom is -0.395 e. The van der Waals surface area contributed by atoms with Gasteiger partial charge in [-0.1, -0.05) is 11.8 Å². The summed E-state index contributed by atoms with van der Waals surface area (Å²) in [5.41, 5.74) is 0.781. The first kappa shape index (κ1) is 16.0. The Kier molecular flexibility index (Phi) is 5.80. The smallest absolute Gasteiger partial charge is 0.265 e. The van der Waals surface area contributed by atoms with Crippen LogP contribution in [-0.2, 0) is 0 Å². The maximum absolute atomic E-state index is 12.8. The first-order chi connectivity index (χ1) is 10.1. The van der Waals surface area contributed by atoms with Crippen molar-refractivity contribution < 1.29 is 9.90 Å². The molecule has 0 aromatic carbocycles. The zero-order chi connectivity index (χ0) is 15.2. The van der Waals surface area contributed by atoms with Crippen LogP contribution in [0.1, 0.15) is 35.0 Å². The number of hydrogen-bond acceptors (Lipinski definition) is 4. The summed E-state index contributed by atoms with van der Waals surface area (Å²) >= 11 is 1.45. The van der Waals surface area contributed by atoms with Crippen LogP contribution in [-0.4, -0.2) is 60.1 Å². The van der Waals surface area contributed by atoms with Crippen LogP contribution in [0.15, 0.2) is 11.4 Å². The molecule has 1 aromatic heterocycles. The molecule has 1 unspecified atom stereocenters. The van der Waals surface area contributed by atoms with Crippen LogP contribution in [0.25, 0.3) is 0 Å². The molecule has 0 bridgehead atoms. The molecule has 114 valence electrons. The van der Waals surface area contributed by atoms with Crippen LogP contribution in [0.3, 0.4) is 0 Å². The van der Waals surface area contributed by atoms with Gasteiger partial charge in [-0.25, -0.2) is 0 Å². The van der Waals surface area contributed by atoms with E-state index in [-0.39, 0.29) is 18.6 Å². The van der Waals surface area contributed by atoms with Crippen molar-refractivity contribution in [1.82, 2.24) is 9.80 Å². The second-order valence-corrected chi connectivity index (χ2v) is 6.32. The van der Waals surface area contributed by atoms with Crippen LogP contribution in [0, 0.1) is 11.8 Å². The van der Waals surface area contributed by atoms with Gasteiger partial charge in [-0.3, -0.25) is 4.79 Å². The number of rotatable bonds is 2. The molecule has 1 saturated heterocycles. The average molecular weight is 306 g/mol. The van der Waals surface area contributed by atoms with E-state index < -0.39 is 0 Å². The highest BCUT2D eigenvalue weighted by Crippen LogP contribution is 2.21. The quantitative estimate of drug-likeness (QED) is 0.845. The lowest BCUT2D eigenvalue weighted by molar-refractivity contribution is 0.0701. The van der Waals surface area contributed by atoms with Crippen LogP contribution in [0.4, 0.5) is 0 Å². The van der Waals surface area contributed by atoms with Gasteiger partial charge in [0.15, 0.2) is 0 Å². The third-order valence-corrected chi connectivity index (χ3v) is 4.53. The number of likely N-dealkylation sites (N-methyl/N-ethyl adjacent to an activating group) is 1. The van der Waals surface area contributed by atoms with Gasteiger partial charge in [0.1, 0.15) is 4.88 Å². The molecule has 1 atom stereocenters. The summed E-state index contributed by atoms with van der Waals surface area (Å²) in [5, 5.41) is 10.7. The fraction of sp³-hybridized carbons (Fsp3) is 0.562. The van der Waals surface area contributed by atoms with Gasteiger partial charge in [0, 0.05) is 31.1 Å². The largest absolute Gasteiger partial charge is 0.395 e. The summed E-state index contributed by atoms with van der Waals surface area (Å²) in [6.45, 7) is 4.89. The molecule has 2 heterocycles. The summed E-state index contributed by atoms with van der Waals surface area (Å²) in [6, 6.07) is 2.10. The third-order valence-electron chi connectivity index (χ3n) is 3.63. The van der Waals surface area contributed by atoms with Crippen LogP contribution in [0.5, 0.6) is 0 Å². The molecule has 1 aromatic rings. The number of aliphatic hydroxyl groups excluding tert-OH is 1. The number of carbonyl (C=O) groups excluding carboxylic acids is 1. The number of aliphatic hydroxyl groups is 1. The molecule has 1 aliphatic rings. The zero-order valence-electron chi connectivity index (χ0n) is 12.6. The highest BCUT2D eigenvalue weighted by molar-refractivity contribution is 7.12. The molecule has 1 fully saturated rings. The minimum atomic E-state index is 0.0515. The lowest BCUT2D eigenvalue weighted by Crippen LogP contribution is -2.41. The Labute approximate surface area is 130 Å². The molecular formula is C16H22N2O2S. The molecule has 1 N–H and O–H groups in total. The Balaban J connectivity index is 2.16. The van der Waals surface area contributed by atoms with Crippen molar-refractivity contribution in [3.8, 4) is 11.8 Å². The monoisotopic (exact) mass is 306 g/mol. The standard InChI is InChI=1S/C16H22N2O2S/c1-13-12-17(2)8-5-9-18(13)16(20)15-14(7-11-21-15)6-3-4-10-19/h7,11,13,19H,4-5,8-10,12H2,1-2H3. The first-order valence-corrected chi connectivity index (χ1v) is 8.18. The van der Waals surface area contributed by atoms with Crippen LogP contribution >= 0.6 is 11.3 Å². The number of hydrogen-bond donors (Lipinski definition) is 1. The van der Waals surface area contributed by atoms with E-state index in [2.05, 4.69) is 30.7 Å². The van der Waals surface area contributed by atoms with Crippen molar-refractivity contribution in [3.05, 3.63) is 21.9 Å². The number of thiophene rings is 1. The normalized spacial score (nSPS) is 19.8. The van der Waals surface area contributed by atoms with Crippen molar-refractivity contribution >= 4 is 17.2 Å². The number of nitrogens with zero attached hydrogens (tertiary/aromatic N) is 2. The maximum Gasteiger partial charge on any atom is 0.265 e. The number of carbonyl (C=O) groups is 1. The molecule has 0 saturated carbocycles. The molecule has 1 amide bonds. The molecule has 2 rings (SSSR count). The van der Waals surface area contributed by atoms with Gasteiger partial charge in [0.25, 0.3) is 5.91 Å². The SMILES string of the molecule is CC1CN(C)CCCN1C(=O)c1sccc1C#CCCO. The Hall–Kier alpha value is -1.35. The van der Waals surface area contributed by atoms with Gasteiger partial charge in [0.2, 0.25) is 0 Å². The zero-order valence-corrected chi connectivity index (χ0v) is 13.4. The molecule has 4 nitrogen and oxygen atoms in total. The van der Waals surface area contributed by atoms with Crippen molar-refractivity contribution in [2.75, 3.05) is 33.3 Å². The van der Waals surface area contributed by atoms with E-state index in [9.17, 15) is 4.79 Å². The van der Waals surface area contributed by atoms with Crippen molar-refractivity contribution in [2.45, 2.75) is 25.8 Å². The van der Waals surface area contributed by atoms with E-state index in [1.165, 1.54) is 11.3 Å². The lowest BCUT2D eigenvalue weighted by atomic mass is 10.2. The fourth-order valence-corrected chi connectivity index (χ4v) is 3.40. The van der Waals surface area contributed by atoms with Crippen molar-refractivity contribution in [2.24, 2.45) is 0 Å². The van der Waals surface area contributed by atoms with Crippen molar-refractivity contribution in [1.29, 1.82) is 0 Å². The summed E-state index contributed by atoms with van der Waals surface area (Å²) < 4.78 is 0. The van der Waals surface area contributed by atoms with Crippen molar-refractivity contribution in [3.63, 3.8) is 0 Å². The minimum absolute atomic E-state index is 0.0515.